The summed E-state index contributed by atoms with van der Waals surface area (Å²) in [5, 5.41) is 4.39. The van der Waals surface area contributed by atoms with Crippen LogP contribution in [0.1, 0.15) is 31.2 Å². The van der Waals surface area contributed by atoms with Gasteiger partial charge >= 0.3 is 4.83 Å². The Morgan fingerprint density at radius 3 is 2.84 bits per heavy atom. The van der Waals surface area contributed by atoms with Crippen molar-refractivity contribution in [2.75, 3.05) is 6.54 Å². The molecular weight excluding hydrogens is 394 g/mol. The maximum atomic E-state index is 12.9. The molecule has 3 rings (SSSR count). The average Bonchev–Trinajstić information content (AvgIpc) is 3.04. The van der Waals surface area contributed by atoms with E-state index >= 15 is 0 Å². The molecule has 0 aromatic carbocycles. The van der Waals surface area contributed by atoms with Gasteiger partial charge in [0.05, 0.1) is 17.9 Å². The zero-order valence-corrected chi connectivity index (χ0v) is 15.3. The average molecular weight is 415 g/mol. The van der Waals surface area contributed by atoms with E-state index in [9.17, 15) is 8.78 Å². The monoisotopic (exact) mass is 414 g/mol. The van der Waals surface area contributed by atoms with Crippen molar-refractivity contribution in [1.29, 1.82) is 0 Å². The van der Waals surface area contributed by atoms with Crippen LogP contribution in [0.15, 0.2) is 27.9 Å². The van der Waals surface area contributed by atoms with Crippen molar-refractivity contribution in [3.05, 3.63) is 23.5 Å². The number of allylic oxidation sites excluding steroid dienone is 1. The molecule has 0 amide bonds. The quantitative estimate of drug-likeness (QED) is 0.392. The predicted octanol–water partition coefficient (Wildman–Crippen LogP) is 3.37. The van der Waals surface area contributed by atoms with E-state index in [-0.39, 0.29) is 18.5 Å². The number of H-pyrrole nitrogens is 1. The number of nitrogens with zero attached hydrogens (tertiary/aromatic N) is 3. The number of hydrogen-bond acceptors (Lipinski definition) is 5. The van der Waals surface area contributed by atoms with Crippen LogP contribution in [0, 0.1) is 5.92 Å². The van der Waals surface area contributed by atoms with Crippen molar-refractivity contribution in [3.8, 4) is 0 Å². The Morgan fingerprint density at radius 2 is 2.20 bits per heavy atom. The lowest BCUT2D eigenvalue weighted by molar-refractivity contribution is 0.105. The number of hydrogen-bond donors (Lipinski definition) is 3. The number of aromatic nitrogens is 1. The fourth-order valence-corrected chi connectivity index (χ4v) is 3.64. The molecule has 4 N–H and O–H groups in total. The molecular formula is C16H21BrF2N6. The normalized spacial score (nSPS) is 25.7. The molecule has 1 aliphatic heterocycles. The maximum absolute atomic E-state index is 12.9. The Morgan fingerprint density at radius 1 is 1.48 bits per heavy atom. The number of aliphatic imine (C=N–C) groups is 2. The van der Waals surface area contributed by atoms with E-state index in [0.29, 0.717) is 0 Å². The van der Waals surface area contributed by atoms with Crippen molar-refractivity contribution < 1.29 is 8.78 Å². The van der Waals surface area contributed by atoms with E-state index < -0.39 is 4.83 Å². The first-order valence-electron chi connectivity index (χ1n) is 8.16. The van der Waals surface area contributed by atoms with E-state index in [1.165, 1.54) is 5.01 Å². The van der Waals surface area contributed by atoms with E-state index in [2.05, 4.69) is 42.9 Å². The van der Waals surface area contributed by atoms with E-state index in [0.717, 1.165) is 48.5 Å². The number of hydrazine groups is 1. The lowest BCUT2D eigenvalue weighted by atomic mass is 9.83. The van der Waals surface area contributed by atoms with Crippen molar-refractivity contribution >= 4 is 40.5 Å². The number of rotatable bonds is 5. The fourth-order valence-electron chi connectivity index (χ4n) is 3.47. The molecule has 0 spiro atoms. The van der Waals surface area contributed by atoms with Gasteiger partial charge in [0.15, 0.2) is 0 Å². The zero-order valence-electron chi connectivity index (χ0n) is 13.7. The van der Waals surface area contributed by atoms with Crippen LogP contribution >= 0.6 is 15.9 Å². The van der Waals surface area contributed by atoms with Crippen LogP contribution in [0.2, 0.25) is 0 Å². The molecule has 0 bridgehead atoms. The maximum Gasteiger partial charge on any atom is 0.313 e. The molecule has 6 nitrogen and oxygen atoms in total. The smallest absolute Gasteiger partial charge is 0.313 e. The second kappa shape index (κ2) is 7.35. The minimum Gasteiger partial charge on any atom is -0.346 e. The standard InChI is InChI=1S/C16H21BrF2N6/c1-21-13(14-12-6-7-22-15(12)24-9-25(14)20)10-2-4-11(5-3-10)23-8-16(17,18)19/h6-7,9-11,22-23H,1-5,8,20H2/b14-13-/t10-,11-. The third-order valence-corrected chi connectivity index (χ3v) is 4.95. The fraction of sp³-hybridized carbons (Fsp3) is 0.500. The molecule has 1 aliphatic carbocycles. The van der Waals surface area contributed by atoms with Gasteiger partial charge in [0.1, 0.15) is 12.2 Å². The van der Waals surface area contributed by atoms with Crippen LogP contribution in [0.4, 0.5) is 14.6 Å². The number of halogens is 3. The molecule has 0 unspecified atom stereocenters. The van der Waals surface area contributed by atoms with Crippen LogP contribution in [0.5, 0.6) is 0 Å². The van der Waals surface area contributed by atoms with Gasteiger partial charge in [0.2, 0.25) is 0 Å². The van der Waals surface area contributed by atoms with Gasteiger partial charge < -0.3 is 10.3 Å². The summed E-state index contributed by atoms with van der Waals surface area (Å²) in [5.41, 5.74) is 2.52. The summed E-state index contributed by atoms with van der Waals surface area (Å²) in [5.74, 6) is 7.02. The van der Waals surface area contributed by atoms with Gasteiger partial charge in [-0.1, -0.05) is 0 Å². The Balaban J connectivity index is 1.73. The van der Waals surface area contributed by atoms with Crippen LogP contribution in [-0.4, -0.2) is 40.5 Å². The Labute approximate surface area is 153 Å². The molecule has 25 heavy (non-hydrogen) atoms. The lowest BCUT2D eigenvalue weighted by Gasteiger charge is -2.32. The third-order valence-electron chi connectivity index (χ3n) is 4.67. The van der Waals surface area contributed by atoms with Gasteiger partial charge in [0.25, 0.3) is 0 Å². The summed E-state index contributed by atoms with van der Waals surface area (Å²) in [4.78, 5) is 8.70. The van der Waals surface area contributed by atoms with Gasteiger partial charge in [-0.2, -0.15) is 8.78 Å². The number of fused-ring (bicyclic) bond motifs is 1. The first kappa shape index (κ1) is 18.2. The Hall–Kier alpha value is -1.58. The van der Waals surface area contributed by atoms with Gasteiger partial charge in [-0.15, -0.1) is 0 Å². The molecule has 0 atom stereocenters. The van der Waals surface area contributed by atoms with E-state index in [1.54, 1.807) is 6.34 Å². The Kier molecular flexibility index (Phi) is 5.35. The highest BCUT2D eigenvalue weighted by molar-refractivity contribution is 9.10. The molecule has 0 saturated heterocycles. The predicted molar refractivity (Wildman–Crippen MR) is 99.1 cm³/mol. The molecule has 0 radical (unpaired) electrons. The second-order valence-corrected chi connectivity index (χ2v) is 7.49. The summed E-state index contributed by atoms with van der Waals surface area (Å²) in [6, 6.07) is 2.00. The summed E-state index contributed by atoms with van der Waals surface area (Å²) < 4.78 is 25.8. The van der Waals surface area contributed by atoms with E-state index in [4.69, 9.17) is 5.84 Å². The van der Waals surface area contributed by atoms with Crippen molar-refractivity contribution in [2.24, 2.45) is 21.7 Å². The largest absolute Gasteiger partial charge is 0.346 e. The van der Waals surface area contributed by atoms with Crippen LogP contribution in [0.25, 0.3) is 5.70 Å². The van der Waals surface area contributed by atoms with Crippen molar-refractivity contribution in [3.63, 3.8) is 0 Å². The molecule has 1 aromatic heterocycles. The molecule has 1 fully saturated rings. The number of nitrogens with one attached hydrogen (secondary N) is 2. The number of aromatic amines is 1. The lowest BCUT2D eigenvalue weighted by Crippen LogP contribution is -2.39. The molecule has 136 valence electrons. The number of nitrogens with two attached hydrogens (primary N) is 1. The first-order valence-corrected chi connectivity index (χ1v) is 8.95. The highest BCUT2D eigenvalue weighted by Crippen LogP contribution is 2.39. The van der Waals surface area contributed by atoms with Gasteiger partial charge in [0, 0.05) is 23.7 Å². The highest BCUT2D eigenvalue weighted by Gasteiger charge is 2.31. The van der Waals surface area contributed by atoms with Crippen LogP contribution in [-0.2, 0) is 0 Å². The van der Waals surface area contributed by atoms with Crippen LogP contribution in [0.3, 0.4) is 0 Å². The van der Waals surface area contributed by atoms with E-state index in [1.807, 2.05) is 12.3 Å². The van der Waals surface area contributed by atoms with Crippen molar-refractivity contribution in [2.45, 2.75) is 36.6 Å². The van der Waals surface area contributed by atoms with Crippen molar-refractivity contribution in [1.82, 2.24) is 15.3 Å². The van der Waals surface area contributed by atoms with Crippen LogP contribution < -0.4 is 11.2 Å². The Bertz CT molecular complexity index is 685. The topological polar surface area (TPSA) is 81.8 Å². The minimum atomic E-state index is -2.87. The molecule has 2 aliphatic rings. The third kappa shape index (κ3) is 4.16. The van der Waals surface area contributed by atoms with Gasteiger partial charge in [-0.25, -0.2) is 10.8 Å². The summed E-state index contributed by atoms with van der Waals surface area (Å²) in [7, 11) is 0. The highest BCUT2D eigenvalue weighted by atomic mass is 79.9. The summed E-state index contributed by atoms with van der Waals surface area (Å²) in [6.07, 6.45) is 6.65. The second-order valence-electron chi connectivity index (χ2n) is 6.33. The molecule has 1 saturated carbocycles. The van der Waals surface area contributed by atoms with Gasteiger partial charge in [-0.3, -0.25) is 10.0 Å². The molecule has 9 heteroatoms. The first-order chi connectivity index (χ1) is 11.9. The minimum absolute atomic E-state index is 0.0838. The van der Waals surface area contributed by atoms with Gasteiger partial charge in [-0.05, 0) is 54.4 Å². The zero-order chi connectivity index (χ0) is 18.0. The summed E-state index contributed by atoms with van der Waals surface area (Å²) in [6.45, 7) is 3.36. The molecule has 1 aromatic rings. The summed E-state index contributed by atoms with van der Waals surface area (Å²) >= 11 is 2.36. The SMILES string of the molecule is C=N/C(=C1/c2cc[nH]c2N=CN1N)[C@H]1CC[C@H](NCC(F)(F)Br)CC1. The molecule has 2 heterocycles. The number of alkyl halides is 3.